The highest BCUT2D eigenvalue weighted by Gasteiger charge is 2.29. The number of carbonyl (C=O) groups is 2. The van der Waals surface area contributed by atoms with E-state index in [2.05, 4.69) is 5.32 Å². The molecule has 1 fully saturated rings. The molecule has 1 aliphatic rings. The largest absolute Gasteiger partial charge is 0.349 e. The Morgan fingerprint density at radius 2 is 1.95 bits per heavy atom. The van der Waals surface area contributed by atoms with Gasteiger partial charge in [-0.15, -0.1) is 0 Å². The maximum atomic E-state index is 12.5. The number of nitrogens with one attached hydrogen (secondary N) is 1. The van der Waals surface area contributed by atoms with Crippen LogP contribution in [0.25, 0.3) is 0 Å². The molecule has 2 rings (SSSR count). The molecule has 5 heteroatoms. The number of likely N-dealkylation sites (tertiary alicyclic amines) is 1. The minimum Gasteiger partial charge on any atom is -0.349 e. The molecule has 0 spiro atoms. The van der Waals surface area contributed by atoms with Crippen LogP contribution in [0.4, 0.5) is 4.79 Å². The van der Waals surface area contributed by atoms with Gasteiger partial charge in [0, 0.05) is 27.2 Å². The lowest BCUT2D eigenvalue weighted by Gasteiger charge is -2.34. The minimum atomic E-state index is -0.121. The van der Waals surface area contributed by atoms with Crippen molar-refractivity contribution in [2.24, 2.45) is 5.92 Å². The third kappa shape index (κ3) is 4.00. The number of hydrogen-bond donors (Lipinski definition) is 1. The lowest BCUT2D eigenvalue weighted by Crippen LogP contribution is -2.48. The summed E-state index contributed by atoms with van der Waals surface area (Å²) in [7, 11) is 3.48. The van der Waals surface area contributed by atoms with E-state index in [-0.39, 0.29) is 23.9 Å². The smallest absolute Gasteiger partial charge is 0.319 e. The Balaban J connectivity index is 1.93. The maximum Gasteiger partial charge on any atom is 0.319 e. The van der Waals surface area contributed by atoms with Gasteiger partial charge in [0.25, 0.3) is 0 Å². The van der Waals surface area contributed by atoms with Gasteiger partial charge in [0.15, 0.2) is 0 Å². The topological polar surface area (TPSA) is 52.7 Å². The van der Waals surface area contributed by atoms with Crippen molar-refractivity contribution in [3.8, 4) is 0 Å². The van der Waals surface area contributed by atoms with Crippen LogP contribution in [0.5, 0.6) is 0 Å². The van der Waals surface area contributed by atoms with Gasteiger partial charge >= 0.3 is 6.03 Å². The Hall–Kier alpha value is -2.04. The van der Waals surface area contributed by atoms with E-state index in [1.54, 1.807) is 23.9 Å². The second-order valence-corrected chi connectivity index (χ2v) is 6.10. The lowest BCUT2D eigenvalue weighted by atomic mass is 9.96. The molecule has 1 saturated heterocycles. The lowest BCUT2D eigenvalue weighted by molar-refractivity contribution is -0.127. The maximum absolute atomic E-state index is 12.5. The standard InChI is InChI=1S/C17H25N3O2/c1-13(14-8-5-4-6-9-14)18-16(21)15-10-7-11-20(12-15)17(22)19(2)3/h4-6,8-9,13,15H,7,10-12H2,1-3H3,(H,18,21)/t13-,15+/m0/s1. The average Bonchev–Trinajstić information content (AvgIpc) is 2.54. The second kappa shape index (κ2) is 7.29. The van der Waals surface area contributed by atoms with Crippen LogP contribution in [0.2, 0.25) is 0 Å². The summed E-state index contributed by atoms with van der Waals surface area (Å²) in [5, 5.41) is 3.06. The van der Waals surface area contributed by atoms with Crippen molar-refractivity contribution < 1.29 is 9.59 Å². The zero-order valence-corrected chi connectivity index (χ0v) is 13.6. The number of piperidine rings is 1. The zero-order valence-electron chi connectivity index (χ0n) is 13.6. The number of rotatable bonds is 3. The SMILES string of the molecule is C[C@H](NC(=O)[C@@H]1CCCN(C(=O)N(C)C)C1)c1ccccc1. The highest BCUT2D eigenvalue weighted by Crippen LogP contribution is 2.19. The highest BCUT2D eigenvalue weighted by molar-refractivity contribution is 5.81. The monoisotopic (exact) mass is 303 g/mol. The van der Waals surface area contributed by atoms with Gasteiger partial charge in [0.05, 0.1) is 12.0 Å². The third-order valence-corrected chi connectivity index (χ3v) is 4.10. The van der Waals surface area contributed by atoms with Crippen LogP contribution < -0.4 is 5.32 Å². The summed E-state index contributed by atoms with van der Waals surface area (Å²) in [6.07, 6.45) is 1.71. The van der Waals surface area contributed by atoms with E-state index < -0.39 is 0 Å². The van der Waals surface area contributed by atoms with Crippen LogP contribution in [-0.4, -0.2) is 48.9 Å². The number of benzene rings is 1. The van der Waals surface area contributed by atoms with Crippen LogP contribution >= 0.6 is 0 Å². The van der Waals surface area contributed by atoms with Gasteiger partial charge in [0.2, 0.25) is 5.91 Å². The summed E-state index contributed by atoms with van der Waals surface area (Å²) in [6.45, 7) is 3.22. The third-order valence-electron chi connectivity index (χ3n) is 4.10. The van der Waals surface area contributed by atoms with Crippen molar-refractivity contribution in [3.63, 3.8) is 0 Å². The van der Waals surface area contributed by atoms with E-state index in [4.69, 9.17) is 0 Å². The Morgan fingerprint density at radius 1 is 1.27 bits per heavy atom. The van der Waals surface area contributed by atoms with E-state index in [0.717, 1.165) is 24.9 Å². The van der Waals surface area contributed by atoms with Crippen LogP contribution in [0.1, 0.15) is 31.4 Å². The number of urea groups is 1. The molecule has 0 radical (unpaired) electrons. The number of carbonyl (C=O) groups excluding carboxylic acids is 2. The molecule has 1 aliphatic heterocycles. The molecule has 0 aromatic heterocycles. The molecule has 5 nitrogen and oxygen atoms in total. The first-order valence-electron chi connectivity index (χ1n) is 7.80. The first kappa shape index (κ1) is 16.3. The molecule has 3 amide bonds. The van der Waals surface area contributed by atoms with E-state index in [9.17, 15) is 9.59 Å². The van der Waals surface area contributed by atoms with Gasteiger partial charge in [-0.2, -0.15) is 0 Å². The van der Waals surface area contributed by atoms with Crippen molar-refractivity contribution in [2.45, 2.75) is 25.8 Å². The van der Waals surface area contributed by atoms with E-state index in [1.165, 1.54) is 0 Å². The zero-order chi connectivity index (χ0) is 16.1. The Morgan fingerprint density at radius 3 is 2.59 bits per heavy atom. The molecule has 22 heavy (non-hydrogen) atoms. The van der Waals surface area contributed by atoms with Crippen molar-refractivity contribution in [3.05, 3.63) is 35.9 Å². The van der Waals surface area contributed by atoms with Gasteiger partial charge in [-0.25, -0.2) is 4.79 Å². The van der Waals surface area contributed by atoms with Gasteiger partial charge in [-0.1, -0.05) is 30.3 Å². The van der Waals surface area contributed by atoms with Crippen LogP contribution in [0, 0.1) is 5.92 Å². The predicted octanol–water partition coefficient (Wildman–Crippen LogP) is 2.26. The molecule has 1 aromatic rings. The number of nitrogens with zero attached hydrogens (tertiary/aromatic N) is 2. The van der Waals surface area contributed by atoms with Crippen molar-refractivity contribution >= 4 is 11.9 Å². The van der Waals surface area contributed by atoms with Gasteiger partial charge in [0.1, 0.15) is 0 Å². The van der Waals surface area contributed by atoms with E-state index >= 15 is 0 Å². The molecular formula is C17H25N3O2. The van der Waals surface area contributed by atoms with Gasteiger partial charge < -0.3 is 15.1 Å². The molecule has 1 aromatic carbocycles. The Kier molecular flexibility index (Phi) is 5.41. The molecule has 2 atom stereocenters. The van der Waals surface area contributed by atoms with Crippen molar-refractivity contribution in [1.29, 1.82) is 0 Å². The first-order valence-corrected chi connectivity index (χ1v) is 7.80. The summed E-state index contributed by atoms with van der Waals surface area (Å²) in [5.74, 6) is -0.0866. The second-order valence-electron chi connectivity index (χ2n) is 6.10. The van der Waals surface area contributed by atoms with Crippen molar-refractivity contribution in [1.82, 2.24) is 15.1 Å². The van der Waals surface area contributed by atoms with Crippen molar-refractivity contribution in [2.75, 3.05) is 27.2 Å². The Bertz CT molecular complexity index is 516. The van der Waals surface area contributed by atoms with Gasteiger partial charge in [-0.05, 0) is 25.3 Å². The van der Waals surface area contributed by atoms with Crippen LogP contribution in [0.15, 0.2) is 30.3 Å². The molecule has 1 N–H and O–H groups in total. The summed E-state index contributed by atoms with van der Waals surface area (Å²) < 4.78 is 0. The molecule has 0 bridgehead atoms. The van der Waals surface area contributed by atoms with E-state index in [0.29, 0.717) is 6.54 Å². The number of amides is 3. The fraction of sp³-hybridized carbons (Fsp3) is 0.529. The van der Waals surface area contributed by atoms with Gasteiger partial charge in [-0.3, -0.25) is 4.79 Å². The molecule has 0 saturated carbocycles. The van der Waals surface area contributed by atoms with Crippen LogP contribution in [-0.2, 0) is 4.79 Å². The Labute approximate surface area is 132 Å². The summed E-state index contributed by atoms with van der Waals surface area (Å²) in [5.41, 5.74) is 1.09. The summed E-state index contributed by atoms with van der Waals surface area (Å²) in [6, 6.07) is 9.87. The summed E-state index contributed by atoms with van der Waals surface area (Å²) >= 11 is 0. The average molecular weight is 303 g/mol. The normalized spacial score (nSPS) is 19.4. The predicted molar refractivity (Wildman–Crippen MR) is 86.4 cm³/mol. The minimum absolute atomic E-state index is 0.0198. The fourth-order valence-electron chi connectivity index (χ4n) is 2.80. The summed E-state index contributed by atoms with van der Waals surface area (Å²) in [4.78, 5) is 27.8. The molecule has 0 aliphatic carbocycles. The quantitative estimate of drug-likeness (QED) is 0.931. The van der Waals surface area contributed by atoms with E-state index in [1.807, 2.05) is 37.3 Å². The first-order chi connectivity index (χ1) is 10.5. The van der Waals surface area contributed by atoms with Crippen LogP contribution in [0.3, 0.4) is 0 Å². The molecular weight excluding hydrogens is 278 g/mol. The molecule has 1 heterocycles. The highest BCUT2D eigenvalue weighted by atomic mass is 16.2. The molecule has 120 valence electrons. The number of hydrogen-bond acceptors (Lipinski definition) is 2. The molecule has 0 unspecified atom stereocenters. The fourth-order valence-corrected chi connectivity index (χ4v) is 2.80.